The van der Waals surface area contributed by atoms with Crippen LogP contribution in [0.15, 0.2) is 0 Å². The van der Waals surface area contributed by atoms with Gasteiger partial charge in [0.1, 0.15) is 6.54 Å². The van der Waals surface area contributed by atoms with Crippen molar-refractivity contribution in [3.63, 3.8) is 0 Å². The van der Waals surface area contributed by atoms with Gasteiger partial charge in [0.15, 0.2) is 5.69 Å². The molecular formula is C12H17N5O4. The maximum Gasteiger partial charge on any atom is 0.358 e. The van der Waals surface area contributed by atoms with Crippen molar-refractivity contribution in [1.29, 1.82) is 0 Å². The van der Waals surface area contributed by atoms with E-state index in [1.807, 2.05) is 0 Å². The SMILES string of the molecule is Cc1c(C(=O)O)nnn1CC(=O)N(C)CC(=O)NC1CC1. The Morgan fingerprint density at radius 2 is 2.10 bits per heavy atom. The van der Waals surface area contributed by atoms with Crippen LogP contribution in [0, 0.1) is 6.92 Å². The zero-order valence-electron chi connectivity index (χ0n) is 11.9. The summed E-state index contributed by atoms with van der Waals surface area (Å²) in [4.78, 5) is 35.7. The molecule has 2 N–H and O–H groups in total. The van der Waals surface area contributed by atoms with E-state index in [9.17, 15) is 14.4 Å². The molecule has 1 heterocycles. The number of nitrogens with one attached hydrogen (secondary N) is 1. The second-order valence-electron chi connectivity index (χ2n) is 5.08. The van der Waals surface area contributed by atoms with Gasteiger partial charge in [-0.25, -0.2) is 9.48 Å². The van der Waals surface area contributed by atoms with Crippen molar-refractivity contribution in [2.24, 2.45) is 0 Å². The molecule has 21 heavy (non-hydrogen) atoms. The lowest BCUT2D eigenvalue weighted by atomic mass is 10.3. The molecule has 0 aliphatic heterocycles. The number of carbonyl (C=O) groups is 3. The van der Waals surface area contributed by atoms with Crippen molar-refractivity contribution < 1.29 is 19.5 Å². The summed E-state index contributed by atoms with van der Waals surface area (Å²) in [6.45, 7) is 1.34. The Morgan fingerprint density at radius 3 is 2.62 bits per heavy atom. The van der Waals surface area contributed by atoms with E-state index in [-0.39, 0.29) is 36.6 Å². The van der Waals surface area contributed by atoms with Crippen molar-refractivity contribution in [1.82, 2.24) is 25.2 Å². The molecule has 0 bridgehead atoms. The molecule has 0 radical (unpaired) electrons. The fourth-order valence-corrected chi connectivity index (χ4v) is 1.76. The summed E-state index contributed by atoms with van der Waals surface area (Å²) in [5.41, 5.74) is 0.114. The Morgan fingerprint density at radius 1 is 1.43 bits per heavy atom. The van der Waals surface area contributed by atoms with Gasteiger partial charge < -0.3 is 15.3 Å². The smallest absolute Gasteiger partial charge is 0.358 e. The fraction of sp³-hybridized carbons (Fsp3) is 0.583. The topological polar surface area (TPSA) is 117 Å². The van der Waals surface area contributed by atoms with E-state index in [0.29, 0.717) is 5.69 Å². The molecule has 0 saturated heterocycles. The summed E-state index contributed by atoms with van der Waals surface area (Å²) in [6.07, 6.45) is 1.97. The molecule has 0 unspecified atom stereocenters. The molecule has 114 valence electrons. The zero-order valence-corrected chi connectivity index (χ0v) is 11.9. The van der Waals surface area contributed by atoms with Crippen LogP contribution in [0.25, 0.3) is 0 Å². The Balaban J connectivity index is 1.90. The minimum atomic E-state index is -1.19. The number of nitrogens with zero attached hydrogens (tertiary/aromatic N) is 4. The number of hydrogen-bond donors (Lipinski definition) is 2. The standard InChI is InChI=1S/C12H17N5O4/c1-7-11(12(20)21)14-15-17(7)6-10(19)16(2)5-9(18)13-8-3-4-8/h8H,3-6H2,1-2H3,(H,13,18)(H,20,21). The molecular weight excluding hydrogens is 278 g/mol. The molecule has 0 atom stereocenters. The van der Waals surface area contributed by atoms with E-state index in [0.717, 1.165) is 12.8 Å². The van der Waals surface area contributed by atoms with Crippen LogP contribution in [0.1, 0.15) is 29.0 Å². The van der Waals surface area contributed by atoms with Crippen molar-refractivity contribution in [2.45, 2.75) is 32.4 Å². The summed E-state index contributed by atoms with van der Waals surface area (Å²) in [7, 11) is 1.51. The molecule has 1 aromatic heterocycles. The molecule has 9 heteroatoms. The Hall–Kier alpha value is -2.45. The molecule has 1 aliphatic rings. The number of rotatable bonds is 6. The van der Waals surface area contributed by atoms with Crippen LogP contribution in [0.3, 0.4) is 0 Å². The summed E-state index contributed by atoms with van der Waals surface area (Å²) in [6, 6.07) is 0.247. The second kappa shape index (κ2) is 5.90. The van der Waals surface area contributed by atoms with Crippen LogP contribution >= 0.6 is 0 Å². The van der Waals surface area contributed by atoms with Crippen molar-refractivity contribution >= 4 is 17.8 Å². The average molecular weight is 295 g/mol. The average Bonchev–Trinajstić information content (AvgIpc) is 3.13. The maximum atomic E-state index is 12.0. The minimum Gasteiger partial charge on any atom is -0.476 e. The first-order valence-electron chi connectivity index (χ1n) is 6.55. The number of aromatic nitrogens is 3. The number of aromatic carboxylic acids is 1. The predicted octanol–water partition coefficient (Wildman–Crippen LogP) is -0.978. The second-order valence-corrected chi connectivity index (χ2v) is 5.08. The van der Waals surface area contributed by atoms with E-state index in [1.165, 1.54) is 23.6 Å². The molecule has 2 amide bonds. The summed E-state index contributed by atoms with van der Waals surface area (Å²) >= 11 is 0. The van der Waals surface area contributed by atoms with Crippen molar-refractivity contribution in [2.75, 3.05) is 13.6 Å². The van der Waals surface area contributed by atoms with Gasteiger partial charge in [0.05, 0.1) is 12.2 Å². The highest BCUT2D eigenvalue weighted by Gasteiger charge is 2.24. The Bertz CT molecular complexity index is 578. The highest BCUT2D eigenvalue weighted by molar-refractivity contribution is 5.87. The number of carbonyl (C=O) groups excluding carboxylic acids is 2. The molecule has 9 nitrogen and oxygen atoms in total. The first-order valence-corrected chi connectivity index (χ1v) is 6.55. The summed E-state index contributed by atoms with van der Waals surface area (Å²) in [5, 5.41) is 18.8. The largest absolute Gasteiger partial charge is 0.476 e. The van der Waals surface area contributed by atoms with Gasteiger partial charge in [0, 0.05) is 13.1 Å². The quantitative estimate of drug-likeness (QED) is 0.696. The van der Waals surface area contributed by atoms with Gasteiger partial charge >= 0.3 is 5.97 Å². The minimum absolute atomic E-state index is 0.0329. The van der Waals surface area contributed by atoms with Crippen molar-refractivity contribution in [3.05, 3.63) is 11.4 Å². The lowest BCUT2D eigenvalue weighted by Crippen LogP contribution is -2.40. The molecule has 1 aromatic rings. The van der Waals surface area contributed by atoms with E-state index < -0.39 is 5.97 Å². The van der Waals surface area contributed by atoms with Crippen LogP contribution in [-0.4, -0.2) is 62.4 Å². The zero-order chi connectivity index (χ0) is 15.6. The first kappa shape index (κ1) is 14.9. The number of hydrogen-bond acceptors (Lipinski definition) is 5. The fourth-order valence-electron chi connectivity index (χ4n) is 1.76. The third-order valence-electron chi connectivity index (χ3n) is 3.22. The van der Waals surface area contributed by atoms with Crippen LogP contribution in [0.5, 0.6) is 0 Å². The third-order valence-corrected chi connectivity index (χ3v) is 3.22. The van der Waals surface area contributed by atoms with Crippen LogP contribution in [0.2, 0.25) is 0 Å². The molecule has 1 fully saturated rings. The molecule has 0 spiro atoms. The van der Waals surface area contributed by atoms with E-state index in [4.69, 9.17) is 5.11 Å². The van der Waals surface area contributed by atoms with Crippen LogP contribution < -0.4 is 5.32 Å². The summed E-state index contributed by atoms with van der Waals surface area (Å²) in [5.74, 6) is -1.73. The van der Waals surface area contributed by atoms with Gasteiger partial charge in [0.2, 0.25) is 11.8 Å². The van der Waals surface area contributed by atoms with Gasteiger partial charge in [-0.05, 0) is 19.8 Å². The van der Waals surface area contributed by atoms with E-state index in [2.05, 4.69) is 15.6 Å². The van der Waals surface area contributed by atoms with Gasteiger partial charge in [-0.1, -0.05) is 5.21 Å². The van der Waals surface area contributed by atoms with Gasteiger partial charge in [-0.2, -0.15) is 0 Å². The number of likely N-dealkylation sites (N-methyl/N-ethyl adjacent to an activating group) is 1. The molecule has 1 aliphatic carbocycles. The molecule has 1 saturated carbocycles. The Labute approximate surface area is 120 Å². The number of amides is 2. The van der Waals surface area contributed by atoms with Crippen LogP contribution in [-0.2, 0) is 16.1 Å². The summed E-state index contributed by atoms with van der Waals surface area (Å²) < 4.78 is 1.21. The van der Waals surface area contributed by atoms with E-state index in [1.54, 1.807) is 0 Å². The van der Waals surface area contributed by atoms with Gasteiger partial charge in [-0.3, -0.25) is 9.59 Å². The van der Waals surface area contributed by atoms with Crippen molar-refractivity contribution in [3.8, 4) is 0 Å². The van der Waals surface area contributed by atoms with Crippen LogP contribution in [0.4, 0.5) is 0 Å². The number of carboxylic acid groups (broad SMARTS) is 1. The lowest BCUT2D eigenvalue weighted by Gasteiger charge is -2.16. The number of carboxylic acids is 1. The highest BCUT2D eigenvalue weighted by Crippen LogP contribution is 2.18. The third kappa shape index (κ3) is 3.77. The first-order chi connectivity index (χ1) is 9.88. The maximum absolute atomic E-state index is 12.0. The van der Waals surface area contributed by atoms with Gasteiger partial charge in [0.25, 0.3) is 0 Å². The monoisotopic (exact) mass is 295 g/mol. The predicted molar refractivity (Wildman–Crippen MR) is 70.5 cm³/mol. The van der Waals surface area contributed by atoms with Gasteiger partial charge in [-0.15, -0.1) is 5.10 Å². The lowest BCUT2D eigenvalue weighted by molar-refractivity contribution is -0.135. The molecule has 2 rings (SSSR count). The Kier molecular flexibility index (Phi) is 4.20. The highest BCUT2D eigenvalue weighted by atomic mass is 16.4. The normalized spacial score (nSPS) is 13.8. The van der Waals surface area contributed by atoms with E-state index >= 15 is 0 Å². The molecule has 0 aromatic carbocycles.